The molecular weight excluding hydrogens is 256 g/mol. The Kier molecular flexibility index (Phi) is 2.80. The molecule has 1 unspecified atom stereocenters. The van der Waals surface area contributed by atoms with Gasteiger partial charge in [0.1, 0.15) is 5.60 Å². The molecule has 0 fully saturated rings. The predicted molar refractivity (Wildman–Crippen MR) is 86.3 cm³/mol. The van der Waals surface area contributed by atoms with Gasteiger partial charge in [0, 0.05) is 17.7 Å². The monoisotopic (exact) mass is 276 g/mol. The SMILES string of the molecule is CC1=CCCCOC12c1ccccc1-c1ccc(C)cc12. The molecule has 0 bridgehead atoms. The van der Waals surface area contributed by atoms with Crippen LogP contribution in [-0.4, -0.2) is 6.61 Å². The summed E-state index contributed by atoms with van der Waals surface area (Å²) in [4.78, 5) is 0. The number of hydrogen-bond acceptors (Lipinski definition) is 1. The van der Waals surface area contributed by atoms with E-state index in [0.29, 0.717) is 0 Å². The van der Waals surface area contributed by atoms with Crippen LogP contribution in [0.3, 0.4) is 0 Å². The largest absolute Gasteiger partial charge is 0.361 e. The molecule has 2 aromatic carbocycles. The molecule has 1 aliphatic heterocycles. The molecule has 4 rings (SSSR count). The molecule has 0 radical (unpaired) electrons. The molecule has 2 aliphatic rings. The van der Waals surface area contributed by atoms with Crippen LogP contribution in [0, 0.1) is 6.92 Å². The van der Waals surface area contributed by atoms with Gasteiger partial charge in [-0.05, 0) is 43.4 Å². The summed E-state index contributed by atoms with van der Waals surface area (Å²) in [5.41, 5.74) is 7.53. The third kappa shape index (κ3) is 1.67. The van der Waals surface area contributed by atoms with Gasteiger partial charge in [0.05, 0.1) is 0 Å². The molecule has 21 heavy (non-hydrogen) atoms. The zero-order chi connectivity index (χ0) is 14.4. The number of benzene rings is 2. The fraction of sp³-hybridized carbons (Fsp3) is 0.300. The Bertz CT molecular complexity index is 741. The molecule has 0 N–H and O–H groups in total. The van der Waals surface area contributed by atoms with Crippen molar-refractivity contribution in [3.8, 4) is 11.1 Å². The van der Waals surface area contributed by atoms with Crippen LogP contribution in [0.2, 0.25) is 0 Å². The van der Waals surface area contributed by atoms with Crippen molar-refractivity contribution in [3.63, 3.8) is 0 Å². The summed E-state index contributed by atoms with van der Waals surface area (Å²) in [5.74, 6) is 0. The van der Waals surface area contributed by atoms with Crippen LogP contribution in [0.25, 0.3) is 11.1 Å². The molecule has 0 saturated carbocycles. The summed E-state index contributed by atoms with van der Waals surface area (Å²) < 4.78 is 6.50. The Morgan fingerprint density at radius 1 is 0.952 bits per heavy atom. The van der Waals surface area contributed by atoms with Gasteiger partial charge in [0.2, 0.25) is 0 Å². The van der Waals surface area contributed by atoms with E-state index in [1.54, 1.807) is 0 Å². The van der Waals surface area contributed by atoms with Crippen molar-refractivity contribution < 1.29 is 4.74 Å². The maximum absolute atomic E-state index is 6.50. The lowest BCUT2D eigenvalue weighted by atomic mass is 9.83. The van der Waals surface area contributed by atoms with Gasteiger partial charge in [-0.2, -0.15) is 0 Å². The van der Waals surface area contributed by atoms with Crippen LogP contribution in [0.4, 0.5) is 0 Å². The van der Waals surface area contributed by atoms with Crippen molar-refractivity contribution in [2.75, 3.05) is 6.61 Å². The van der Waals surface area contributed by atoms with Gasteiger partial charge in [-0.15, -0.1) is 0 Å². The molecule has 1 nitrogen and oxygen atoms in total. The highest BCUT2D eigenvalue weighted by Gasteiger charge is 2.45. The van der Waals surface area contributed by atoms with E-state index in [2.05, 4.69) is 62.4 Å². The first-order chi connectivity index (χ1) is 10.2. The fourth-order valence-corrected chi connectivity index (χ4v) is 3.82. The van der Waals surface area contributed by atoms with Gasteiger partial charge in [0.15, 0.2) is 0 Å². The third-order valence-corrected chi connectivity index (χ3v) is 4.82. The van der Waals surface area contributed by atoms with Gasteiger partial charge in [-0.25, -0.2) is 0 Å². The number of aryl methyl sites for hydroxylation is 1. The molecule has 1 aliphatic carbocycles. The minimum atomic E-state index is -0.367. The number of rotatable bonds is 0. The minimum absolute atomic E-state index is 0.367. The van der Waals surface area contributed by atoms with E-state index < -0.39 is 0 Å². The Balaban J connectivity index is 2.09. The van der Waals surface area contributed by atoms with E-state index in [4.69, 9.17) is 4.74 Å². The first kappa shape index (κ1) is 12.8. The summed E-state index contributed by atoms with van der Waals surface area (Å²) >= 11 is 0. The van der Waals surface area contributed by atoms with E-state index >= 15 is 0 Å². The van der Waals surface area contributed by atoms with Crippen LogP contribution in [0.5, 0.6) is 0 Å². The summed E-state index contributed by atoms with van der Waals surface area (Å²) in [6.07, 6.45) is 4.57. The van der Waals surface area contributed by atoms with Gasteiger partial charge in [-0.1, -0.05) is 54.1 Å². The lowest BCUT2D eigenvalue weighted by Gasteiger charge is -2.32. The van der Waals surface area contributed by atoms with Gasteiger partial charge < -0.3 is 4.74 Å². The molecule has 1 atom stereocenters. The molecular formula is C20H20O. The first-order valence-electron chi connectivity index (χ1n) is 7.76. The van der Waals surface area contributed by atoms with Crippen molar-refractivity contribution in [3.05, 3.63) is 70.8 Å². The van der Waals surface area contributed by atoms with Crippen LogP contribution in [0.15, 0.2) is 54.1 Å². The average Bonchev–Trinajstić information content (AvgIpc) is 2.62. The highest BCUT2D eigenvalue weighted by molar-refractivity contribution is 5.82. The highest BCUT2D eigenvalue weighted by Crippen LogP contribution is 2.54. The molecule has 1 heteroatoms. The quantitative estimate of drug-likeness (QED) is 0.617. The fourth-order valence-electron chi connectivity index (χ4n) is 3.82. The third-order valence-electron chi connectivity index (χ3n) is 4.82. The second kappa shape index (κ2) is 4.57. The summed E-state index contributed by atoms with van der Waals surface area (Å²) in [7, 11) is 0. The second-order valence-corrected chi connectivity index (χ2v) is 6.15. The minimum Gasteiger partial charge on any atom is -0.361 e. The molecule has 2 aromatic rings. The van der Waals surface area contributed by atoms with Crippen molar-refractivity contribution in [2.24, 2.45) is 0 Å². The maximum Gasteiger partial charge on any atom is 0.140 e. The van der Waals surface area contributed by atoms with Crippen LogP contribution >= 0.6 is 0 Å². The van der Waals surface area contributed by atoms with E-state index in [0.717, 1.165) is 19.4 Å². The predicted octanol–water partition coefficient (Wildman–Crippen LogP) is 4.98. The van der Waals surface area contributed by atoms with E-state index in [-0.39, 0.29) is 5.60 Å². The second-order valence-electron chi connectivity index (χ2n) is 6.15. The normalized spacial score (nSPS) is 23.4. The molecule has 0 aromatic heterocycles. The van der Waals surface area contributed by atoms with Crippen LogP contribution in [0.1, 0.15) is 36.5 Å². The molecule has 0 amide bonds. The number of allylic oxidation sites excluding steroid dienone is 1. The Labute approximate surface area is 126 Å². The first-order valence-corrected chi connectivity index (χ1v) is 7.76. The van der Waals surface area contributed by atoms with Crippen molar-refractivity contribution in [1.29, 1.82) is 0 Å². The van der Waals surface area contributed by atoms with Gasteiger partial charge >= 0.3 is 0 Å². The summed E-state index contributed by atoms with van der Waals surface area (Å²) in [5, 5.41) is 0. The summed E-state index contributed by atoms with van der Waals surface area (Å²) in [6, 6.07) is 15.5. The Hall–Kier alpha value is -1.86. The van der Waals surface area contributed by atoms with Crippen molar-refractivity contribution in [1.82, 2.24) is 0 Å². The zero-order valence-electron chi connectivity index (χ0n) is 12.6. The van der Waals surface area contributed by atoms with Crippen molar-refractivity contribution in [2.45, 2.75) is 32.3 Å². The highest BCUT2D eigenvalue weighted by atomic mass is 16.5. The van der Waals surface area contributed by atoms with E-state index in [9.17, 15) is 0 Å². The van der Waals surface area contributed by atoms with Crippen molar-refractivity contribution >= 4 is 0 Å². The van der Waals surface area contributed by atoms with Crippen LogP contribution < -0.4 is 0 Å². The summed E-state index contributed by atoms with van der Waals surface area (Å²) in [6.45, 7) is 5.20. The molecule has 1 spiro atoms. The smallest absolute Gasteiger partial charge is 0.140 e. The number of fused-ring (bicyclic) bond motifs is 5. The average molecular weight is 276 g/mol. The number of hydrogen-bond donors (Lipinski definition) is 0. The van der Waals surface area contributed by atoms with E-state index in [1.165, 1.54) is 33.4 Å². The topological polar surface area (TPSA) is 9.23 Å². The van der Waals surface area contributed by atoms with Gasteiger partial charge in [0.25, 0.3) is 0 Å². The number of ether oxygens (including phenoxy) is 1. The maximum atomic E-state index is 6.50. The van der Waals surface area contributed by atoms with Crippen LogP contribution in [-0.2, 0) is 10.3 Å². The lowest BCUT2D eigenvalue weighted by Crippen LogP contribution is -2.30. The lowest BCUT2D eigenvalue weighted by molar-refractivity contribution is 0.0166. The zero-order valence-corrected chi connectivity index (χ0v) is 12.6. The standard InChI is InChI=1S/C20H20O/c1-14-10-11-17-16-8-3-4-9-18(16)20(19(17)13-14)15(2)7-5-6-12-21-20/h3-4,7-11,13H,5-6,12H2,1-2H3. The van der Waals surface area contributed by atoms with E-state index in [1.807, 2.05) is 0 Å². The Morgan fingerprint density at radius 2 is 1.76 bits per heavy atom. The molecule has 0 saturated heterocycles. The van der Waals surface area contributed by atoms with Gasteiger partial charge in [-0.3, -0.25) is 0 Å². The Morgan fingerprint density at radius 3 is 2.67 bits per heavy atom. The molecule has 1 heterocycles. The molecule has 106 valence electrons.